The van der Waals surface area contributed by atoms with Crippen molar-refractivity contribution in [1.82, 2.24) is 19.1 Å². The van der Waals surface area contributed by atoms with Crippen LogP contribution in [0.25, 0.3) is 11.2 Å². The van der Waals surface area contributed by atoms with E-state index < -0.39 is 127 Å². The lowest BCUT2D eigenvalue weighted by Crippen LogP contribution is -2.40. The Hall–Kier alpha value is -2.38. The van der Waals surface area contributed by atoms with Gasteiger partial charge in [-0.2, -0.15) is 0 Å². The van der Waals surface area contributed by atoms with E-state index in [4.69, 9.17) is 31.5 Å². The number of H-pyrrole nitrogens is 1. The lowest BCUT2D eigenvalue weighted by molar-refractivity contribution is -0.137. The molecule has 0 spiro atoms. The van der Waals surface area contributed by atoms with E-state index in [2.05, 4.69) is 9.97 Å². The molecule has 1 aliphatic carbocycles. The normalized spacial score (nSPS) is 44.3. The van der Waals surface area contributed by atoms with Crippen LogP contribution in [0.2, 0.25) is 0 Å². The van der Waals surface area contributed by atoms with Crippen LogP contribution < -0.4 is 11.2 Å². The average Bonchev–Trinajstić information content (AvgIpc) is 3.42. The van der Waals surface area contributed by atoms with Gasteiger partial charge in [-0.3, -0.25) is 18.7 Å². The first-order valence-corrected chi connectivity index (χ1v) is 8.96. The fraction of sp³-hybridized carbons (Fsp3) is 0.739. The lowest BCUT2D eigenvalue weighted by atomic mass is 9.61. The molecule has 2 N–H and O–H groups in total. The van der Waals surface area contributed by atoms with Crippen LogP contribution in [0.1, 0.15) is 122 Å². The van der Waals surface area contributed by atoms with Crippen molar-refractivity contribution < 1.29 is 41.4 Å². The zero-order valence-corrected chi connectivity index (χ0v) is 16.5. The number of carbonyl (C=O) groups is 1. The molecule has 0 bridgehead atoms. The predicted molar refractivity (Wildman–Crippen MR) is 121 cm³/mol. The second-order valence-corrected chi connectivity index (χ2v) is 6.67. The molecule has 0 unspecified atom stereocenters. The van der Waals surface area contributed by atoms with Gasteiger partial charge < -0.3 is 10.1 Å². The van der Waals surface area contributed by atoms with Gasteiger partial charge in [0.25, 0.3) is 5.56 Å². The summed E-state index contributed by atoms with van der Waals surface area (Å²) >= 11 is 0. The van der Waals surface area contributed by atoms with E-state index in [1.54, 1.807) is 0 Å². The highest BCUT2D eigenvalue weighted by Crippen LogP contribution is 2.50. The van der Waals surface area contributed by atoms with Crippen molar-refractivity contribution in [3.8, 4) is 0 Å². The van der Waals surface area contributed by atoms with Crippen LogP contribution in [0.15, 0.2) is 9.59 Å². The van der Waals surface area contributed by atoms with E-state index in [-0.39, 0.29) is 6.42 Å². The molecule has 2 aromatic heterocycles. The van der Waals surface area contributed by atoms with Gasteiger partial charge in [-0.25, -0.2) is 9.78 Å². The molecule has 0 aromatic carbocycles. The minimum Gasteiger partial charge on any atom is -0.481 e. The van der Waals surface area contributed by atoms with E-state index in [9.17, 15) is 19.5 Å². The van der Waals surface area contributed by atoms with Crippen LogP contribution in [0, 0.1) is 5.41 Å². The first kappa shape index (κ1) is 7.59. The molecule has 8 nitrogen and oxygen atoms in total. The molecular formula is C23H36N4O4. The maximum Gasteiger partial charge on any atom is 0.332 e. The molecule has 0 amide bonds. The zero-order valence-electron chi connectivity index (χ0n) is 39.5. The number of hydrogen-bond donors (Lipinski definition) is 2. The summed E-state index contributed by atoms with van der Waals surface area (Å²) in [5.41, 5.74) is -14.1. The molecule has 1 saturated carbocycles. The Morgan fingerprint density at radius 2 is 2.06 bits per heavy atom. The van der Waals surface area contributed by atoms with Gasteiger partial charge >= 0.3 is 11.7 Å². The van der Waals surface area contributed by atoms with E-state index in [0.29, 0.717) is 11.5 Å². The number of nitrogens with zero attached hydrogens (tertiary/aromatic N) is 3. The van der Waals surface area contributed by atoms with Crippen molar-refractivity contribution in [2.75, 3.05) is 0 Å². The Morgan fingerprint density at radius 1 is 1.32 bits per heavy atom. The number of aromatic nitrogens is 4. The first-order valence-electron chi connectivity index (χ1n) is 20.6. The topological polar surface area (TPSA) is 110 Å². The number of nitrogens with one attached hydrogen (secondary N) is 1. The predicted octanol–water partition coefficient (Wildman–Crippen LogP) is 3.80. The van der Waals surface area contributed by atoms with Crippen LogP contribution in [0.3, 0.4) is 0 Å². The number of carboxylic acids is 1. The maximum atomic E-state index is 13.8. The maximum absolute atomic E-state index is 13.8. The summed E-state index contributed by atoms with van der Waals surface area (Å²) in [7, 11) is 0. The minimum atomic E-state index is -4.91. The fourth-order valence-corrected chi connectivity index (χ4v) is 2.87. The van der Waals surface area contributed by atoms with Gasteiger partial charge in [0, 0.05) is 53.6 Å². The highest BCUT2D eigenvalue weighted by Gasteiger charge is 2.42. The Labute approximate surface area is 215 Å². The molecule has 2 heterocycles. The molecule has 1 aliphatic rings. The summed E-state index contributed by atoms with van der Waals surface area (Å²) in [4.78, 5) is 45.6. The SMILES string of the molecule is [2H]C([2H])C([2H])([2H])C1(C([2H])([2H])C([2H])([2H])C(=O)O)C([2H])([2H])C([2H])([2H])C(C)(c2nc3c([nH]2)c(=O)n(C([2H])([2H])C([2H])([2H])C([2H])([2H])[2H])c(=O)n3CCC)C([2H])([2H])C1([2H])[2H]. The van der Waals surface area contributed by atoms with E-state index in [0.717, 1.165) is 0 Å². The van der Waals surface area contributed by atoms with Crippen LogP contribution in [-0.2, 0) is 23.3 Å². The van der Waals surface area contributed by atoms with E-state index in [1.807, 2.05) is 0 Å². The minimum absolute atomic E-state index is 0.0474. The van der Waals surface area contributed by atoms with Crippen molar-refractivity contribution in [2.24, 2.45) is 5.41 Å². The molecule has 8 heteroatoms. The number of aryl methyl sites for hydroxylation is 1. The van der Waals surface area contributed by atoms with Crippen molar-refractivity contribution in [2.45, 2.75) is 103 Å². The summed E-state index contributed by atoms with van der Waals surface area (Å²) in [6.45, 7) is -9.74. The van der Waals surface area contributed by atoms with Crippen molar-refractivity contribution >= 4 is 17.1 Å². The average molecular weight is 456 g/mol. The molecule has 31 heavy (non-hydrogen) atoms. The highest BCUT2D eigenvalue weighted by molar-refractivity contribution is 5.70. The van der Waals surface area contributed by atoms with Gasteiger partial charge in [0.2, 0.25) is 0 Å². The molecule has 2 aromatic rings. The molecule has 3 rings (SSSR count). The number of imidazole rings is 1. The molecule has 0 atom stereocenters. The van der Waals surface area contributed by atoms with Crippen LogP contribution in [0.5, 0.6) is 0 Å². The van der Waals surface area contributed by atoms with Gasteiger partial charge in [-0.05, 0) is 50.1 Å². The summed E-state index contributed by atoms with van der Waals surface area (Å²) in [6.07, 6.45) is -36.2. The van der Waals surface area contributed by atoms with Crippen molar-refractivity contribution in [3.63, 3.8) is 0 Å². The molecular weight excluding hydrogens is 396 g/mol. The largest absolute Gasteiger partial charge is 0.481 e. The summed E-state index contributed by atoms with van der Waals surface area (Å²) in [6, 6.07) is 0. The van der Waals surface area contributed by atoms with Crippen LogP contribution in [0.4, 0.5) is 0 Å². The Balaban J connectivity index is 2.71. The van der Waals surface area contributed by atoms with E-state index in [1.165, 1.54) is 6.92 Å². The van der Waals surface area contributed by atoms with Gasteiger partial charge in [-0.15, -0.1) is 0 Å². The zero-order chi connectivity index (χ0) is 43.0. The van der Waals surface area contributed by atoms with Crippen LogP contribution >= 0.6 is 0 Å². The highest BCUT2D eigenvalue weighted by atomic mass is 16.4. The number of aromatic amines is 1. The monoisotopic (exact) mass is 455 g/mol. The number of rotatable bonds is 9. The standard InChI is InChI=1S/C23H36N4O4/c1-5-14-26-18-17(19(30)27(15-6-2)21(26)31)24-20(25-18)22(4)10-12-23(7-3,13-11-22)9-8-16(28)29/h5-15H2,1-4H3,(H,24,25)(H,28,29)/i2D3,3D2,6D2,7D2,8D2,9D2,10D2,11D2,12D2,13D2,15D2. The number of carboxylic acid groups (broad SMARTS) is 1. The summed E-state index contributed by atoms with van der Waals surface area (Å²) < 4.78 is 194. The van der Waals surface area contributed by atoms with Crippen molar-refractivity contribution in [3.05, 3.63) is 26.7 Å². The van der Waals surface area contributed by atoms with Gasteiger partial charge in [0.15, 0.2) is 5.65 Å². The quantitative estimate of drug-likeness (QED) is 0.597. The Kier molecular flexibility index (Phi) is 2.21. The van der Waals surface area contributed by atoms with Gasteiger partial charge in [-0.1, -0.05) is 33.9 Å². The Bertz CT molecular complexity index is 1930. The second-order valence-electron chi connectivity index (χ2n) is 6.67. The molecule has 1 fully saturated rings. The fourth-order valence-electron chi connectivity index (χ4n) is 2.87. The summed E-state index contributed by atoms with van der Waals surface area (Å²) in [5, 5.41) is 9.66. The number of aliphatic carboxylic acids is 1. The summed E-state index contributed by atoms with van der Waals surface area (Å²) in [5.74, 6) is -4.11. The molecule has 0 radical (unpaired) electrons. The van der Waals surface area contributed by atoms with Crippen LogP contribution in [-0.4, -0.2) is 30.2 Å². The van der Waals surface area contributed by atoms with Gasteiger partial charge in [0.1, 0.15) is 11.3 Å². The third-order valence-electron chi connectivity index (χ3n) is 4.44. The molecule has 0 aliphatic heterocycles. The third-order valence-corrected chi connectivity index (χ3v) is 4.44. The third kappa shape index (κ3) is 4.34. The molecule has 0 saturated heterocycles. The second kappa shape index (κ2) is 9.01. The van der Waals surface area contributed by atoms with Gasteiger partial charge in [0.05, 0.1) is 2.74 Å². The van der Waals surface area contributed by atoms with Crippen molar-refractivity contribution in [1.29, 1.82) is 0 Å². The smallest absolute Gasteiger partial charge is 0.332 e. The number of hydrogen-bond acceptors (Lipinski definition) is 4. The Morgan fingerprint density at radius 3 is 2.68 bits per heavy atom. The first-order chi connectivity index (χ1) is 23.6. The number of fused-ring (bicyclic) bond motifs is 1. The lowest BCUT2D eigenvalue weighted by Gasteiger charge is -2.44. The molecule has 172 valence electrons. The van der Waals surface area contributed by atoms with E-state index >= 15 is 0 Å².